The number of halogens is 6. The maximum Gasteiger partial charge on any atom is 0.416 e. The van der Waals surface area contributed by atoms with Gasteiger partial charge in [0.05, 0.1) is 11.1 Å². The zero-order chi connectivity index (χ0) is 26.0. The molecule has 0 aliphatic carbocycles. The Hall–Kier alpha value is -3.51. The average Bonchev–Trinajstić information content (AvgIpc) is 2.77. The van der Waals surface area contributed by atoms with Crippen LogP contribution in [0.2, 0.25) is 0 Å². The Bertz CT molecular complexity index is 1300. The number of carbonyl (C=O) groups excluding carboxylic acids is 1. The van der Waals surface area contributed by atoms with Crippen LogP contribution in [0.4, 0.5) is 37.7 Å². The molecule has 12 heteroatoms. The number of nitrogens with two attached hydrogens (primary N) is 1. The fourth-order valence-corrected chi connectivity index (χ4v) is 3.76. The minimum Gasteiger partial charge on any atom is -0.366 e. The fraction of sp³-hybridized carbons (Fsp3) is 0.0870. The van der Waals surface area contributed by atoms with Crippen molar-refractivity contribution in [2.75, 3.05) is 10.6 Å². The highest BCUT2D eigenvalue weighted by molar-refractivity contribution is 7.81. The lowest BCUT2D eigenvalue weighted by Crippen LogP contribution is -2.25. The van der Waals surface area contributed by atoms with E-state index in [1.165, 1.54) is 42.5 Å². The average molecular weight is 528 g/mol. The molecule has 0 radical (unpaired) electrons. The molecule has 1 amide bonds. The molecule has 0 fully saturated rings. The van der Waals surface area contributed by atoms with Gasteiger partial charge in [-0.2, -0.15) is 26.3 Å². The van der Waals surface area contributed by atoms with Crippen LogP contribution in [0.3, 0.4) is 0 Å². The van der Waals surface area contributed by atoms with Gasteiger partial charge in [-0.15, -0.1) is 0 Å². The monoisotopic (exact) mass is 527 g/mol. The second kappa shape index (κ2) is 10.0. The Morgan fingerprint density at radius 1 is 0.686 bits per heavy atom. The molecular weight excluding hydrogens is 512 g/mol. The first kappa shape index (κ1) is 26.1. The second-order valence-electron chi connectivity index (χ2n) is 7.16. The van der Waals surface area contributed by atoms with Crippen molar-refractivity contribution >= 4 is 51.7 Å². The van der Waals surface area contributed by atoms with Gasteiger partial charge in [0.15, 0.2) is 0 Å². The van der Waals surface area contributed by atoms with Crippen LogP contribution in [0, 0.1) is 0 Å². The number of benzene rings is 3. The molecule has 0 spiro atoms. The molecule has 3 aromatic carbocycles. The molecular formula is C23H15F6N3OS2. The van der Waals surface area contributed by atoms with Crippen LogP contribution in [0.15, 0.2) is 66.7 Å². The molecule has 0 unspecified atom stereocenters. The van der Waals surface area contributed by atoms with Crippen LogP contribution in [0.25, 0.3) is 0 Å². The van der Waals surface area contributed by atoms with E-state index in [2.05, 4.69) is 10.6 Å². The van der Waals surface area contributed by atoms with Gasteiger partial charge in [-0.3, -0.25) is 4.79 Å². The number of hydrogen-bond acceptors (Lipinski definition) is 3. The number of thiocarbonyl (C=S) groups is 2. The van der Waals surface area contributed by atoms with Gasteiger partial charge in [-0.25, -0.2) is 0 Å². The summed E-state index contributed by atoms with van der Waals surface area (Å²) in [6, 6.07) is 12.7. The summed E-state index contributed by atoms with van der Waals surface area (Å²) in [5.74, 6) is -0.892. The van der Waals surface area contributed by atoms with Crippen molar-refractivity contribution in [3.8, 4) is 0 Å². The first-order chi connectivity index (χ1) is 16.3. The van der Waals surface area contributed by atoms with Crippen LogP contribution in [-0.2, 0) is 12.4 Å². The number of hydrogen-bond donors (Lipinski definition) is 3. The number of primary amides is 1. The van der Waals surface area contributed by atoms with Gasteiger partial charge in [0.25, 0.3) is 0 Å². The van der Waals surface area contributed by atoms with Gasteiger partial charge in [-0.05, 0) is 42.5 Å². The smallest absolute Gasteiger partial charge is 0.366 e. The van der Waals surface area contributed by atoms with Gasteiger partial charge in [0.1, 0.15) is 9.98 Å². The van der Waals surface area contributed by atoms with Crippen molar-refractivity contribution < 1.29 is 31.1 Å². The maximum absolute atomic E-state index is 13.1. The third kappa shape index (κ3) is 6.34. The van der Waals surface area contributed by atoms with E-state index in [0.717, 1.165) is 24.3 Å². The molecule has 4 nitrogen and oxygen atoms in total. The Labute approximate surface area is 206 Å². The van der Waals surface area contributed by atoms with E-state index >= 15 is 0 Å². The van der Waals surface area contributed by atoms with E-state index < -0.39 is 29.4 Å². The second-order valence-corrected chi connectivity index (χ2v) is 7.97. The molecule has 0 saturated carbocycles. The van der Waals surface area contributed by atoms with Crippen LogP contribution in [0.5, 0.6) is 0 Å². The zero-order valence-electron chi connectivity index (χ0n) is 17.4. The number of carbonyl (C=O) groups is 1. The third-order valence-electron chi connectivity index (χ3n) is 4.70. The molecule has 4 N–H and O–H groups in total. The molecule has 3 aromatic rings. The Morgan fingerprint density at radius 3 is 1.57 bits per heavy atom. The van der Waals surface area contributed by atoms with Crippen LogP contribution < -0.4 is 16.4 Å². The summed E-state index contributed by atoms with van der Waals surface area (Å²) in [5.41, 5.74) is 3.71. The molecule has 3 rings (SSSR count). The van der Waals surface area contributed by atoms with Gasteiger partial charge in [0, 0.05) is 28.1 Å². The standard InChI is InChI=1S/C23H15F6N3OS2/c24-22(25,26)12-4-1-6-14(10-12)31-20(34)17-9-3-8-16(19(30)33)18(17)21(35)32-15-7-2-5-13(11-15)23(27,28)29/h1-11H,(H2,30,33)(H,31,34)(H,32,35). The first-order valence-electron chi connectivity index (χ1n) is 9.67. The normalized spacial score (nSPS) is 11.6. The summed E-state index contributed by atoms with van der Waals surface area (Å²) in [4.78, 5) is 11.8. The van der Waals surface area contributed by atoms with Crippen molar-refractivity contribution in [3.05, 3.63) is 94.5 Å². The summed E-state index contributed by atoms with van der Waals surface area (Å²) < 4.78 is 78.3. The van der Waals surface area contributed by atoms with E-state index in [9.17, 15) is 31.1 Å². The topological polar surface area (TPSA) is 67.2 Å². The molecule has 35 heavy (non-hydrogen) atoms. The van der Waals surface area contributed by atoms with Gasteiger partial charge < -0.3 is 16.4 Å². The van der Waals surface area contributed by atoms with Crippen molar-refractivity contribution in [3.63, 3.8) is 0 Å². The Morgan fingerprint density at radius 2 is 1.11 bits per heavy atom. The van der Waals surface area contributed by atoms with Crippen molar-refractivity contribution in [1.82, 2.24) is 0 Å². The molecule has 0 bridgehead atoms. The van der Waals surface area contributed by atoms with Gasteiger partial charge in [-0.1, -0.05) is 48.7 Å². The first-order valence-corrected chi connectivity index (χ1v) is 10.5. The zero-order valence-corrected chi connectivity index (χ0v) is 19.1. The minimum atomic E-state index is -4.59. The highest BCUT2D eigenvalue weighted by Gasteiger charge is 2.31. The lowest BCUT2D eigenvalue weighted by molar-refractivity contribution is -0.138. The molecule has 0 heterocycles. The van der Waals surface area contributed by atoms with Crippen molar-refractivity contribution in [1.29, 1.82) is 0 Å². The lowest BCUT2D eigenvalue weighted by Gasteiger charge is -2.18. The quantitative estimate of drug-likeness (QED) is 0.265. The number of rotatable bonds is 5. The van der Waals surface area contributed by atoms with Gasteiger partial charge >= 0.3 is 12.4 Å². The Balaban J connectivity index is 1.98. The molecule has 0 aliphatic heterocycles. The van der Waals surface area contributed by atoms with E-state index in [1.54, 1.807) is 0 Å². The molecule has 0 saturated heterocycles. The molecule has 0 aliphatic rings. The third-order valence-corrected chi connectivity index (χ3v) is 5.33. The summed E-state index contributed by atoms with van der Waals surface area (Å²) in [6.45, 7) is 0. The van der Waals surface area contributed by atoms with E-state index in [-0.39, 0.29) is 38.0 Å². The SMILES string of the molecule is NC(=O)c1cccc(C(=S)Nc2cccc(C(F)(F)F)c2)c1C(=S)Nc1cccc(C(F)(F)F)c1. The fourth-order valence-electron chi connectivity index (χ4n) is 3.13. The van der Waals surface area contributed by atoms with E-state index in [4.69, 9.17) is 30.2 Å². The number of anilines is 2. The summed E-state index contributed by atoms with van der Waals surface area (Å²) in [6.07, 6.45) is -9.17. The van der Waals surface area contributed by atoms with Gasteiger partial charge in [0.2, 0.25) is 5.91 Å². The molecule has 0 aromatic heterocycles. The summed E-state index contributed by atoms with van der Waals surface area (Å²) >= 11 is 10.7. The van der Waals surface area contributed by atoms with E-state index in [0.29, 0.717) is 0 Å². The highest BCUT2D eigenvalue weighted by atomic mass is 32.1. The number of alkyl halides is 6. The predicted molar refractivity (Wildman–Crippen MR) is 128 cm³/mol. The summed E-state index contributed by atoms with van der Waals surface area (Å²) in [5, 5.41) is 5.31. The largest absolute Gasteiger partial charge is 0.416 e. The van der Waals surface area contributed by atoms with Crippen LogP contribution >= 0.6 is 24.4 Å². The maximum atomic E-state index is 13.1. The van der Waals surface area contributed by atoms with Crippen molar-refractivity contribution in [2.24, 2.45) is 5.73 Å². The number of nitrogens with one attached hydrogen (secondary N) is 2. The minimum absolute atomic E-state index is 0.00759. The Kier molecular flexibility index (Phi) is 7.46. The molecule has 182 valence electrons. The number of amides is 1. The van der Waals surface area contributed by atoms with Crippen LogP contribution in [0.1, 0.15) is 32.6 Å². The lowest BCUT2D eigenvalue weighted by atomic mass is 9.99. The summed E-state index contributed by atoms with van der Waals surface area (Å²) in [7, 11) is 0. The van der Waals surface area contributed by atoms with Crippen LogP contribution in [-0.4, -0.2) is 15.9 Å². The van der Waals surface area contributed by atoms with Crippen molar-refractivity contribution in [2.45, 2.75) is 12.4 Å². The highest BCUT2D eigenvalue weighted by Crippen LogP contribution is 2.32. The molecule has 0 atom stereocenters. The van der Waals surface area contributed by atoms with E-state index in [1.807, 2.05) is 0 Å². The predicted octanol–water partition coefficient (Wildman–Crippen LogP) is 6.40.